The number of hydrogen-bond acceptors (Lipinski definition) is 3. The standard InChI is InChI=1S/C12H20N2S/c1-4-14-12(11-13-5-6-15-11)7-10(8-12)9(2)3/h5-6,9-10,14H,4,7-8H2,1-3H3. The van der Waals surface area contributed by atoms with Crippen LogP contribution in [0.3, 0.4) is 0 Å². The molecule has 0 unspecified atom stereocenters. The van der Waals surface area contributed by atoms with Crippen molar-refractivity contribution < 1.29 is 0 Å². The van der Waals surface area contributed by atoms with E-state index in [0.29, 0.717) is 0 Å². The molecule has 0 radical (unpaired) electrons. The molecule has 1 heterocycles. The van der Waals surface area contributed by atoms with Crippen molar-refractivity contribution >= 4 is 11.3 Å². The van der Waals surface area contributed by atoms with Crippen LogP contribution in [0.1, 0.15) is 38.6 Å². The molecule has 1 aliphatic rings. The third-order valence-corrected chi connectivity index (χ3v) is 4.50. The molecule has 1 aliphatic carbocycles. The lowest BCUT2D eigenvalue weighted by Crippen LogP contribution is -2.53. The van der Waals surface area contributed by atoms with Crippen LogP contribution < -0.4 is 5.32 Å². The summed E-state index contributed by atoms with van der Waals surface area (Å²) in [7, 11) is 0. The zero-order chi connectivity index (χ0) is 10.9. The molecule has 84 valence electrons. The van der Waals surface area contributed by atoms with E-state index in [1.165, 1.54) is 17.8 Å². The van der Waals surface area contributed by atoms with Crippen LogP contribution in [-0.4, -0.2) is 11.5 Å². The van der Waals surface area contributed by atoms with E-state index in [1.54, 1.807) is 11.3 Å². The maximum Gasteiger partial charge on any atom is 0.113 e. The zero-order valence-electron chi connectivity index (χ0n) is 9.79. The first-order valence-electron chi connectivity index (χ1n) is 5.83. The number of aromatic nitrogens is 1. The van der Waals surface area contributed by atoms with Gasteiger partial charge in [0, 0.05) is 11.6 Å². The number of nitrogens with one attached hydrogen (secondary N) is 1. The van der Waals surface area contributed by atoms with Crippen LogP contribution in [-0.2, 0) is 5.54 Å². The molecule has 0 amide bonds. The number of rotatable bonds is 4. The molecule has 1 saturated carbocycles. The van der Waals surface area contributed by atoms with Gasteiger partial charge < -0.3 is 5.32 Å². The minimum Gasteiger partial charge on any atom is -0.306 e. The average molecular weight is 224 g/mol. The number of nitrogens with zero attached hydrogens (tertiary/aromatic N) is 1. The molecular formula is C12H20N2S. The summed E-state index contributed by atoms with van der Waals surface area (Å²) in [5.74, 6) is 1.67. The van der Waals surface area contributed by atoms with Gasteiger partial charge in [-0.2, -0.15) is 0 Å². The van der Waals surface area contributed by atoms with Gasteiger partial charge in [0.2, 0.25) is 0 Å². The lowest BCUT2D eigenvalue weighted by Gasteiger charge is -2.48. The third-order valence-electron chi connectivity index (χ3n) is 3.52. The Bertz CT molecular complexity index is 299. The van der Waals surface area contributed by atoms with E-state index in [9.17, 15) is 0 Å². The van der Waals surface area contributed by atoms with Crippen molar-refractivity contribution in [2.75, 3.05) is 6.54 Å². The summed E-state index contributed by atoms with van der Waals surface area (Å²) >= 11 is 1.79. The minimum atomic E-state index is 0.206. The molecular weight excluding hydrogens is 204 g/mol. The summed E-state index contributed by atoms with van der Waals surface area (Å²) in [6.45, 7) is 7.85. The second kappa shape index (κ2) is 4.22. The van der Waals surface area contributed by atoms with Gasteiger partial charge in [0.05, 0.1) is 5.54 Å². The van der Waals surface area contributed by atoms with Crippen LogP contribution >= 0.6 is 11.3 Å². The normalized spacial score (nSPS) is 30.5. The number of thiazole rings is 1. The molecule has 0 bridgehead atoms. The zero-order valence-corrected chi connectivity index (χ0v) is 10.6. The Balaban J connectivity index is 2.09. The largest absolute Gasteiger partial charge is 0.306 e. The van der Waals surface area contributed by atoms with Crippen molar-refractivity contribution in [3.8, 4) is 0 Å². The number of hydrogen-bond donors (Lipinski definition) is 1. The maximum atomic E-state index is 4.48. The Morgan fingerprint density at radius 2 is 2.33 bits per heavy atom. The molecule has 2 nitrogen and oxygen atoms in total. The Hall–Kier alpha value is -0.410. The van der Waals surface area contributed by atoms with Crippen molar-refractivity contribution in [1.82, 2.24) is 10.3 Å². The Labute approximate surface area is 96.1 Å². The fraction of sp³-hybridized carbons (Fsp3) is 0.750. The van der Waals surface area contributed by atoms with Gasteiger partial charge in [-0.1, -0.05) is 20.8 Å². The Morgan fingerprint density at radius 3 is 2.80 bits per heavy atom. The van der Waals surface area contributed by atoms with Gasteiger partial charge in [-0.05, 0) is 31.2 Å². The summed E-state index contributed by atoms with van der Waals surface area (Å²) in [5.41, 5.74) is 0.206. The summed E-state index contributed by atoms with van der Waals surface area (Å²) in [5, 5.41) is 6.99. The molecule has 1 N–H and O–H groups in total. The van der Waals surface area contributed by atoms with Gasteiger partial charge >= 0.3 is 0 Å². The Kier molecular flexibility index (Phi) is 3.12. The Morgan fingerprint density at radius 1 is 1.60 bits per heavy atom. The lowest BCUT2D eigenvalue weighted by molar-refractivity contribution is 0.0693. The predicted octanol–water partition coefficient (Wildman–Crippen LogP) is 3.01. The average Bonchev–Trinajstić information content (AvgIpc) is 2.62. The van der Waals surface area contributed by atoms with Crippen LogP contribution in [0.4, 0.5) is 0 Å². The highest BCUT2D eigenvalue weighted by Crippen LogP contribution is 2.49. The molecule has 0 aromatic carbocycles. The second-order valence-corrected chi connectivity index (χ2v) is 5.76. The van der Waals surface area contributed by atoms with Crippen LogP contribution in [0.2, 0.25) is 0 Å². The van der Waals surface area contributed by atoms with Crippen LogP contribution in [0.5, 0.6) is 0 Å². The van der Waals surface area contributed by atoms with E-state index >= 15 is 0 Å². The minimum absolute atomic E-state index is 0.206. The molecule has 0 saturated heterocycles. The third kappa shape index (κ3) is 1.95. The van der Waals surface area contributed by atoms with E-state index in [-0.39, 0.29) is 5.54 Å². The SMILES string of the molecule is CCNC1(c2nccs2)CC(C(C)C)C1. The molecule has 1 aromatic heterocycles. The highest BCUT2D eigenvalue weighted by molar-refractivity contribution is 7.09. The molecule has 3 heteroatoms. The molecule has 0 atom stereocenters. The predicted molar refractivity (Wildman–Crippen MR) is 65.0 cm³/mol. The summed E-state index contributed by atoms with van der Waals surface area (Å²) < 4.78 is 0. The van der Waals surface area contributed by atoms with E-state index in [1.807, 2.05) is 6.20 Å². The molecule has 2 rings (SSSR count). The van der Waals surface area contributed by atoms with Gasteiger partial charge in [0.15, 0.2) is 0 Å². The summed E-state index contributed by atoms with van der Waals surface area (Å²) in [6.07, 6.45) is 4.43. The van der Waals surface area contributed by atoms with Crippen LogP contribution in [0, 0.1) is 11.8 Å². The first-order chi connectivity index (χ1) is 7.18. The molecule has 0 spiro atoms. The van der Waals surface area contributed by atoms with Gasteiger partial charge in [-0.25, -0.2) is 4.98 Å². The van der Waals surface area contributed by atoms with Crippen molar-refractivity contribution in [1.29, 1.82) is 0 Å². The van der Waals surface area contributed by atoms with Crippen LogP contribution in [0.25, 0.3) is 0 Å². The van der Waals surface area contributed by atoms with Gasteiger partial charge in [0.25, 0.3) is 0 Å². The van der Waals surface area contributed by atoms with Gasteiger partial charge in [-0.3, -0.25) is 0 Å². The monoisotopic (exact) mass is 224 g/mol. The van der Waals surface area contributed by atoms with Crippen molar-refractivity contribution in [2.45, 2.75) is 39.2 Å². The van der Waals surface area contributed by atoms with E-state index < -0.39 is 0 Å². The molecule has 1 fully saturated rings. The quantitative estimate of drug-likeness (QED) is 0.850. The van der Waals surface area contributed by atoms with E-state index in [2.05, 4.69) is 36.5 Å². The van der Waals surface area contributed by atoms with Gasteiger partial charge in [0.1, 0.15) is 5.01 Å². The highest BCUT2D eigenvalue weighted by Gasteiger charge is 2.47. The smallest absolute Gasteiger partial charge is 0.113 e. The first-order valence-corrected chi connectivity index (χ1v) is 6.71. The fourth-order valence-corrected chi connectivity index (χ4v) is 3.34. The first kappa shape index (κ1) is 11.1. The topological polar surface area (TPSA) is 24.9 Å². The van der Waals surface area contributed by atoms with E-state index in [0.717, 1.165) is 18.4 Å². The highest BCUT2D eigenvalue weighted by atomic mass is 32.1. The second-order valence-electron chi connectivity index (χ2n) is 4.86. The summed E-state index contributed by atoms with van der Waals surface area (Å²) in [4.78, 5) is 4.48. The van der Waals surface area contributed by atoms with Gasteiger partial charge in [-0.15, -0.1) is 11.3 Å². The van der Waals surface area contributed by atoms with E-state index in [4.69, 9.17) is 0 Å². The maximum absolute atomic E-state index is 4.48. The van der Waals surface area contributed by atoms with Crippen molar-refractivity contribution in [3.63, 3.8) is 0 Å². The molecule has 1 aromatic rings. The van der Waals surface area contributed by atoms with Crippen LogP contribution in [0.15, 0.2) is 11.6 Å². The fourth-order valence-electron chi connectivity index (χ4n) is 2.50. The summed E-state index contributed by atoms with van der Waals surface area (Å²) in [6, 6.07) is 0. The molecule has 15 heavy (non-hydrogen) atoms. The molecule has 0 aliphatic heterocycles. The van der Waals surface area contributed by atoms with Crippen molar-refractivity contribution in [2.24, 2.45) is 11.8 Å². The van der Waals surface area contributed by atoms with Crippen molar-refractivity contribution in [3.05, 3.63) is 16.6 Å². The lowest BCUT2D eigenvalue weighted by atomic mass is 9.64.